The highest BCUT2D eigenvalue weighted by molar-refractivity contribution is 4.70. The molecule has 48 valence electrons. The van der Waals surface area contributed by atoms with Crippen LogP contribution in [0, 0.1) is 0 Å². The zero-order valence-electron chi connectivity index (χ0n) is 5.39. The molecule has 0 aliphatic rings. The van der Waals surface area contributed by atoms with E-state index in [1.165, 1.54) is 0 Å². The van der Waals surface area contributed by atoms with E-state index in [9.17, 15) is 0 Å². The van der Waals surface area contributed by atoms with Crippen LogP contribution in [-0.2, 0) is 9.47 Å². The van der Waals surface area contributed by atoms with Crippen LogP contribution in [0.15, 0.2) is 12.7 Å². The van der Waals surface area contributed by atoms with E-state index in [2.05, 4.69) is 6.58 Å². The average Bonchev–Trinajstić information content (AvgIpc) is 1.83. The molecule has 0 aliphatic heterocycles. The van der Waals surface area contributed by atoms with Gasteiger partial charge in [0.15, 0.2) is 6.29 Å². The van der Waals surface area contributed by atoms with Crippen molar-refractivity contribution in [3.63, 3.8) is 0 Å². The molecule has 1 atom stereocenters. The molecule has 0 heterocycles. The van der Waals surface area contributed by atoms with Crippen molar-refractivity contribution >= 4 is 0 Å². The maximum atomic E-state index is 5.00. The lowest BCUT2D eigenvalue weighted by molar-refractivity contribution is -0.0858. The Hall–Kier alpha value is -0.340. The van der Waals surface area contributed by atoms with Crippen LogP contribution in [0.1, 0.15) is 6.92 Å². The maximum absolute atomic E-state index is 5.00. The van der Waals surface area contributed by atoms with Crippen molar-refractivity contribution in [3.8, 4) is 0 Å². The van der Waals surface area contributed by atoms with Gasteiger partial charge in [-0.25, -0.2) is 0 Å². The molecule has 0 aromatic heterocycles. The predicted octanol–water partition coefficient (Wildman–Crippen LogP) is 1.18. The van der Waals surface area contributed by atoms with Crippen LogP contribution >= 0.6 is 0 Å². The van der Waals surface area contributed by atoms with Crippen molar-refractivity contribution in [2.24, 2.45) is 0 Å². The summed E-state index contributed by atoms with van der Waals surface area (Å²) in [6.07, 6.45) is 1.38. The lowest BCUT2D eigenvalue weighted by Gasteiger charge is -2.08. The third-order valence-corrected chi connectivity index (χ3v) is 0.756. The van der Waals surface area contributed by atoms with Gasteiger partial charge in [-0.15, -0.1) is 0 Å². The molecular formula is C6H12O2. The SMILES string of the molecule is C=CC(OC)OCC. The fourth-order valence-corrected chi connectivity index (χ4v) is 0.397. The van der Waals surface area contributed by atoms with Crippen LogP contribution in [0.2, 0.25) is 0 Å². The second-order valence-corrected chi connectivity index (χ2v) is 1.30. The third-order valence-electron chi connectivity index (χ3n) is 0.756. The summed E-state index contributed by atoms with van der Waals surface area (Å²) < 4.78 is 9.80. The van der Waals surface area contributed by atoms with Gasteiger partial charge in [0.05, 0.1) is 0 Å². The molecule has 0 saturated carbocycles. The van der Waals surface area contributed by atoms with Crippen molar-refractivity contribution in [3.05, 3.63) is 12.7 Å². The van der Waals surface area contributed by atoms with Crippen LogP contribution in [-0.4, -0.2) is 20.0 Å². The Balaban J connectivity index is 3.21. The summed E-state index contributed by atoms with van der Waals surface area (Å²) in [5.74, 6) is 0. The topological polar surface area (TPSA) is 18.5 Å². The van der Waals surface area contributed by atoms with E-state index in [1.807, 2.05) is 6.92 Å². The fraction of sp³-hybridized carbons (Fsp3) is 0.667. The van der Waals surface area contributed by atoms with Gasteiger partial charge in [0.1, 0.15) is 0 Å². The van der Waals surface area contributed by atoms with Crippen LogP contribution < -0.4 is 0 Å². The molecule has 0 fully saturated rings. The quantitative estimate of drug-likeness (QED) is 0.405. The maximum Gasteiger partial charge on any atom is 0.176 e. The van der Waals surface area contributed by atoms with E-state index in [0.717, 1.165) is 0 Å². The van der Waals surface area contributed by atoms with E-state index in [1.54, 1.807) is 13.2 Å². The summed E-state index contributed by atoms with van der Waals surface area (Å²) in [6.45, 7) is 6.07. The molecule has 0 saturated heterocycles. The van der Waals surface area contributed by atoms with Gasteiger partial charge >= 0.3 is 0 Å². The molecule has 0 amide bonds. The molecule has 2 nitrogen and oxygen atoms in total. The Labute approximate surface area is 50.1 Å². The monoisotopic (exact) mass is 116 g/mol. The fourth-order valence-electron chi connectivity index (χ4n) is 0.397. The lowest BCUT2D eigenvalue weighted by Crippen LogP contribution is -2.10. The molecular weight excluding hydrogens is 104 g/mol. The van der Waals surface area contributed by atoms with Crippen molar-refractivity contribution in [2.75, 3.05) is 13.7 Å². The van der Waals surface area contributed by atoms with Gasteiger partial charge in [0.25, 0.3) is 0 Å². The second-order valence-electron chi connectivity index (χ2n) is 1.30. The van der Waals surface area contributed by atoms with Crippen molar-refractivity contribution in [1.82, 2.24) is 0 Å². The first kappa shape index (κ1) is 7.66. The Morgan fingerprint density at radius 3 is 2.50 bits per heavy atom. The van der Waals surface area contributed by atoms with E-state index in [4.69, 9.17) is 9.47 Å². The summed E-state index contributed by atoms with van der Waals surface area (Å²) in [4.78, 5) is 0. The highest BCUT2D eigenvalue weighted by Gasteiger charge is 1.95. The van der Waals surface area contributed by atoms with Gasteiger partial charge in [-0.3, -0.25) is 0 Å². The Morgan fingerprint density at radius 2 is 2.38 bits per heavy atom. The van der Waals surface area contributed by atoms with E-state index < -0.39 is 0 Å². The molecule has 0 bridgehead atoms. The zero-order chi connectivity index (χ0) is 6.41. The standard InChI is InChI=1S/C6H12O2/c1-4-6(7-3)8-5-2/h4,6H,1,5H2,2-3H3. The second kappa shape index (κ2) is 4.81. The summed E-state index contributed by atoms with van der Waals surface area (Å²) in [5.41, 5.74) is 0. The first-order valence-electron chi connectivity index (χ1n) is 2.62. The van der Waals surface area contributed by atoms with Gasteiger partial charge in [0.2, 0.25) is 0 Å². The molecule has 1 unspecified atom stereocenters. The molecule has 0 rings (SSSR count). The van der Waals surface area contributed by atoms with Gasteiger partial charge in [-0.05, 0) is 13.0 Å². The van der Waals surface area contributed by atoms with Crippen LogP contribution in [0.5, 0.6) is 0 Å². The van der Waals surface area contributed by atoms with Gasteiger partial charge in [0, 0.05) is 13.7 Å². The van der Waals surface area contributed by atoms with Crippen molar-refractivity contribution in [1.29, 1.82) is 0 Å². The highest BCUT2D eigenvalue weighted by atomic mass is 16.7. The number of hydrogen-bond acceptors (Lipinski definition) is 2. The molecule has 0 aromatic carbocycles. The minimum absolute atomic E-state index is 0.236. The molecule has 8 heavy (non-hydrogen) atoms. The van der Waals surface area contributed by atoms with E-state index >= 15 is 0 Å². The van der Waals surface area contributed by atoms with Crippen LogP contribution in [0.25, 0.3) is 0 Å². The molecule has 0 spiro atoms. The Bertz CT molecular complexity index is 61.5. The van der Waals surface area contributed by atoms with Crippen molar-refractivity contribution in [2.45, 2.75) is 13.2 Å². The number of hydrogen-bond donors (Lipinski definition) is 0. The highest BCUT2D eigenvalue weighted by Crippen LogP contribution is 1.91. The van der Waals surface area contributed by atoms with Crippen LogP contribution in [0.3, 0.4) is 0 Å². The van der Waals surface area contributed by atoms with E-state index in [0.29, 0.717) is 6.61 Å². The molecule has 2 heteroatoms. The van der Waals surface area contributed by atoms with Gasteiger partial charge in [-0.1, -0.05) is 6.58 Å². The number of rotatable bonds is 4. The average molecular weight is 116 g/mol. The third kappa shape index (κ3) is 2.77. The molecule has 0 aliphatic carbocycles. The minimum atomic E-state index is -0.236. The smallest absolute Gasteiger partial charge is 0.176 e. The van der Waals surface area contributed by atoms with Crippen molar-refractivity contribution < 1.29 is 9.47 Å². The molecule has 0 radical (unpaired) electrons. The summed E-state index contributed by atoms with van der Waals surface area (Å²) >= 11 is 0. The Morgan fingerprint density at radius 1 is 1.75 bits per heavy atom. The largest absolute Gasteiger partial charge is 0.352 e. The molecule has 0 N–H and O–H groups in total. The molecule has 0 aromatic rings. The van der Waals surface area contributed by atoms with Crippen LogP contribution in [0.4, 0.5) is 0 Å². The lowest BCUT2D eigenvalue weighted by atomic mass is 10.6. The van der Waals surface area contributed by atoms with Gasteiger partial charge < -0.3 is 9.47 Å². The van der Waals surface area contributed by atoms with Gasteiger partial charge in [-0.2, -0.15) is 0 Å². The number of methoxy groups -OCH3 is 1. The first-order valence-corrected chi connectivity index (χ1v) is 2.62. The first-order chi connectivity index (χ1) is 3.85. The predicted molar refractivity (Wildman–Crippen MR) is 32.6 cm³/mol. The number of ether oxygens (including phenoxy) is 2. The summed E-state index contributed by atoms with van der Waals surface area (Å²) in [5, 5.41) is 0. The zero-order valence-corrected chi connectivity index (χ0v) is 5.39. The summed E-state index contributed by atoms with van der Waals surface area (Å²) in [6, 6.07) is 0. The minimum Gasteiger partial charge on any atom is -0.352 e. The summed E-state index contributed by atoms with van der Waals surface area (Å²) in [7, 11) is 1.59. The van der Waals surface area contributed by atoms with E-state index in [-0.39, 0.29) is 6.29 Å². The normalized spacial score (nSPS) is 13.2. The Kier molecular flexibility index (Phi) is 4.61.